The molecule has 0 unspecified atom stereocenters. The lowest BCUT2D eigenvalue weighted by molar-refractivity contribution is 0.0697. The lowest BCUT2D eigenvalue weighted by Crippen LogP contribution is -2.34. The van der Waals surface area contributed by atoms with Gasteiger partial charge in [0.15, 0.2) is 23.0 Å². The molecule has 1 aliphatic heterocycles. The van der Waals surface area contributed by atoms with Crippen LogP contribution in [0.2, 0.25) is 0 Å². The Morgan fingerprint density at radius 3 is 2.46 bits per heavy atom. The van der Waals surface area contributed by atoms with E-state index < -0.39 is 5.97 Å². The number of aromatic nitrogens is 3. The number of carboxylic acid groups (broad SMARTS) is 1. The molecule has 0 spiro atoms. The minimum Gasteiger partial charge on any atom is -0.477 e. The van der Waals surface area contributed by atoms with Crippen molar-refractivity contribution in [2.45, 2.75) is 38.5 Å². The van der Waals surface area contributed by atoms with Crippen molar-refractivity contribution in [1.29, 1.82) is 0 Å². The number of nitrogens with zero attached hydrogens (tertiary/aromatic N) is 4. The van der Waals surface area contributed by atoms with Gasteiger partial charge in [-0.3, -0.25) is 0 Å². The molecule has 3 aromatic rings. The van der Waals surface area contributed by atoms with Crippen LogP contribution >= 0.6 is 0 Å². The Hall–Kier alpha value is -3.16. The smallest absolute Gasteiger partial charge is 0.343 e. The molecule has 0 aliphatic carbocycles. The summed E-state index contributed by atoms with van der Waals surface area (Å²) in [5.41, 5.74) is 0.796. The van der Waals surface area contributed by atoms with Crippen LogP contribution < -0.4 is 4.90 Å². The Labute approximate surface area is 162 Å². The first-order chi connectivity index (χ1) is 13.5. The molecular formula is C20H22N4O4. The van der Waals surface area contributed by atoms with Gasteiger partial charge in [0.25, 0.3) is 0 Å². The molecule has 1 aliphatic rings. The molecule has 0 radical (unpaired) electrons. The van der Waals surface area contributed by atoms with Crippen molar-refractivity contribution in [2.24, 2.45) is 0 Å². The van der Waals surface area contributed by atoms with Crippen molar-refractivity contribution in [1.82, 2.24) is 15.3 Å². The van der Waals surface area contributed by atoms with Crippen LogP contribution in [-0.4, -0.2) is 39.5 Å². The average Bonchev–Trinajstić information content (AvgIpc) is 3.36. The molecule has 8 heteroatoms. The van der Waals surface area contributed by atoms with Gasteiger partial charge in [-0.05, 0) is 12.8 Å². The van der Waals surface area contributed by atoms with Crippen molar-refractivity contribution < 1.29 is 18.9 Å². The lowest BCUT2D eigenvalue weighted by Gasteiger charge is -2.30. The molecule has 28 heavy (non-hydrogen) atoms. The second kappa shape index (κ2) is 7.46. The topological polar surface area (TPSA) is 105 Å². The third-order valence-corrected chi connectivity index (χ3v) is 5.04. The molecule has 0 saturated carbocycles. The standard InChI is InChI=1S/C20H22N4O4/c1-12(2)17-21-19(28-22-17)14-8-10-24(11-9-14)18-15(20(25)26)16(27-23-18)13-6-4-3-5-7-13/h3-7,12,14H,8-11H2,1-2H3,(H,25,26). The number of benzene rings is 1. The summed E-state index contributed by atoms with van der Waals surface area (Å²) >= 11 is 0. The van der Waals surface area contributed by atoms with Crippen LogP contribution in [0.15, 0.2) is 39.4 Å². The number of carbonyl (C=O) groups is 1. The highest BCUT2D eigenvalue weighted by Crippen LogP contribution is 2.35. The Morgan fingerprint density at radius 1 is 1.14 bits per heavy atom. The Morgan fingerprint density at radius 2 is 1.86 bits per heavy atom. The van der Waals surface area contributed by atoms with Gasteiger partial charge in [-0.25, -0.2) is 4.79 Å². The molecule has 0 bridgehead atoms. The molecule has 0 atom stereocenters. The molecule has 3 heterocycles. The quantitative estimate of drug-likeness (QED) is 0.707. The molecule has 2 aromatic heterocycles. The van der Waals surface area contributed by atoms with Gasteiger partial charge in [-0.2, -0.15) is 4.98 Å². The van der Waals surface area contributed by atoms with Gasteiger partial charge in [0.1, 0.15) is 0 Å². The zero-order valence-corrected chi connectivity index (χ0v) is 15.8. The fourth-order valence-corrected chi connectivity index (χ4v) is 3.46. The van der Waals surface area contributed by atoms with E-state index in [1.807, 2.05) is 49.1 Å². The minimum atomic E-state index is -1.05. The van der Waals surface area contributed by atoms with Gasteiger partial charge in [-0.1, -0.05) is 54.5 Å². The van der Waals surface area contributed by atoms with Crippen molar-refractivity contribution in [2.75, 3.05) is 18.0 Å². The Kier molecular flexibility index (Phi) is 4.85. The highest BCUT2D eigenvalue weighted by molar-refractivity contribution is 5.99. The summed E-state index contributed by atoms with van der Waals surface area (Å²) in [7, 11) is 0. The molecule has 1 saturated heterocycles. The van der Waals surface area contributed by atoms with Crippen molar-refractivity contribution >= 4 is 11.8 Å². The second-order valence-corrected chi connectivity index (χ2v) is 7.29. The molecular weight excluding hydrogens is 360 g/mol. The summed E-state index contributed by atoms with van der Waals surface area (Å²) in [5.74, 6) is 1.38. The third-order valence-electron chi connectivity index (χ3n) is 5.04. The largest absolute Gasteiger partial charge is 0.477 e. The van der Waals surface area contributed by atoms with E-state index in [0.29, 0.717) is 30.4 Å². The highest BCUT2D eigenvalue weighted by atomic mass is 16.5. The fraction of sp³-hybridized carbons (Fsp3) is 0.400. The predicted molar refractivity (Wildman–Crippen MR) is 101 cm³/mol. The van der Waals surface area contributed by atoms with Crippen molar-refractivity contribution in [3.63, 3.8) is 0 Å². The monoisotopic (exact) mass is 382 g/mol. The van der Waals surface area contributed by atoms with E-state index in [1.165, 1.54) is 0 Å². The summed E-state index contributed by atoms with van der Waals surface area (Å²) in [6, 6.07) is 9.17. The van der Waals surface area contributed by atoms with Crippen LogP contribution in [0.1, 0.15) is 60.6 Å². The van der Waals surface area contributed by atoms with E-state index in [4.69, 9.17) is 9.05 Å². The van der Waals surface area contributed by atoms with Crippen LogP contribution in [0.25, 0.3) is 11.3 Å². The molecule has 0 amide bonds. The SMILES string of the molecule is CC(C)c1noc(C2CCN(c3noc(-c4ccccc4)c3C(=O)O)CC2)n1. The van der Waals surface area contributed by atoms with Gasteiger partial charge in [0.05, 0.1) is 0 Å². The summed E-state index contributed by atoms with van der Waals surface area (Å²) in [6.45, 7) is 5.34. The van der Waals surface area contributed by atoms with Crippen LogP contribution in [0.5, 0.6) is 0 Å². The molecule has 1 fully saturated rings. The van der Waals surface area contributed by atoms with Crippen LogP contribution in [0.3, 0.4) is 0 Å². The zero-order valence-electron chi connectivity index (χ0n) is 15.8. The van der Waals surface area contributed by atoms with E-state index in [0.717, 1.165) is 18.7 Å². The van der Waals surface area contributed by atoms with E-state index >= 15 is 0 Å². The maximum absolute atomic E-state index is 11.9. The van der Waals surface area contributed by atoms with Crippen LogP contribution in [-0.2, 0) is 0 Å². The summed E-state index contributed by atoms with van der Waals surface area (Å²) < 4.78 is 10.8. The van der Waals surface area contributed by atoms with Crippen molar-refractivity contribution in [3.8, 4) is 11.3 Å². The van der Waals surface area contributed by atoms with Gasteiger partial charge < -0.3 is 19.1 Å². The van der Waals surface area contributed by atoms with Crippen molar-refractivity contribution in [3.05, 3.63) is 47.6 Å². The van der Waals surface area contributed by atoms with Gasteiger partial charge >= 0.3 is 5.97 Å². The molecule has 1 aromatic carbocycles. The molecule has 1 N–H and O–H groups in total. The van der Waals surface area contributed by atoms with E-state index in [-0.39, 0.29) is 23.2 Å². The average molecular weight is 382 g/mol. The minimum absolute atomic E-state index is 0.101. The number of hydrogen-bond acceptors (Lipinski definition) is 7. The van der Waals surface area contributed by atoms with Gasteiger partial charge in [0.2, 0.25) is 5.89 Å². The number of aromatic carboxylic acids is 1. The maximum atomic E-state index is 11.9. The number of anilines is 1. The number of carboxylic acids is 1. The highest BCUT2D eigenvalue weighted by Gasteiger charge is 2.32. The third kappa shape index (κ3) is 3.37. The number of piperidine rings is 1. The summed E-state index contributed by atoms with van der Waals surface area (Å²) in [4.78, 5) is 18.4. The Balaban J connectivity index is 1.53. The number of rotatable bonds is 5. The second-order valence-electron chi connectivity index (χ2n) is 7.29. The first-order valence-electron chi connectivity index (χ1n) is 9.41. The lowest BCUT2D eigenvalue weighted by atomic mass is 9.96. The fourth-order valence-electron chi connectivity index (χ4n) is 3.46. The van der Waals surface area contributed by atoms with Crippen LogP contribution in [0.4, 0.5) is 5.82 Å². The number of hydrogen-bond donors (Lipinski definition) is 1. The molecule has 8 nitrogen and oxygen atoms in total. The molecule has 4 rings (SSSR count). The first-order valence-corrected chi connectivity index (χ1v) is 9.41. The zero-order chi connectivity index (χ0) is 19.7. The summed E-state index contributed by atoms with van der Waals surface area (Å²) in [6.07, 6.45) is 1.57. The predicted octanol–water partition coefficient (Wildman–Crippen LogP) is 3.93. The molecule has 146 valence electrons. The van der Waals surface area contributed by atoms with E-state index in [1.54, 1.807) is 0 Å². The normalized spacial score (nSPS) is 15.3. The van der Waals surface area contributed by atoms with E-state index in [2.05, 4.69) is 15.3 Å². The summed E-state index contributed by atoms with van der Waals surface area (Å²) in [5, 5.41) is 17.9. The van der Waals surface area contributed by atoms with Gasteiger partial charge in [0, 0.05) is 30.5 Å². The van der Waals surface area contributed by atoms with Gasteiger partial charge in [-0.15, -0.1) is 0 Å². The van der Waals surface area contributed by atoms with Crippen LogP contribution in [0, 0.1) is 0 Å². The maximum Gasteiger partial charge on any atom is 0.343 e. The van der Waals surface area contributed by atoms with E-state index in [9.17, 15) is 9.90 Å². The Bertz CT molecular complexity index is 956. The first kappa shape index (κ1) is 18.2.